The van der Waals surface area contributed by atoms with Gasteiger partial charge in [-0.15, -0.1) is 0 Å². The molecule has 2 aliphatic carbocycles. The van der Waals surface area contributed by atoms with Gasteiger partial charge in [-0.05, 0) is 37.5 Å². The monoisotopic (exact) mass is 523 g/mol. The lowest BCUT2D eigenvalue weighted by molar-refractivity contribution is -0.151. The minimum Gasteiger partial charge on any atom is -0.460 e. The topological polar surface area (TPSA) is 168 Å². The molecule has 0 saturated heterocycles. The van der Waals surface area contributed by atoms with Crippen molar-refractivity contribution in [3.63, 3.8) is 0 Å². The molecule has 1 unspecified atom stereocenters. The van der Waals surface area contributed by atoms with Crippen LogP contribution in [0, 0.1) is 5.41 Å². The van der Waals surface area contributed by atoms with E-state index in [0.717, 1.165) is 30.1 Å². The van der Waals surface area contributed by atoms with Gasteiger partial charge in [0.2, 0.25) is 0 Å². The van der Waals surface area contributed by atoms with Gasteiger partial charge in [0.1, 0.15) is 6.10 Å². The zero-order chi connectivity index (χ0) is 27.1. The van der Waals surface area contributed by atoms with E-state index < -0.39 is 52.4 Å². The summed E-state index contributed by atoms with van der Waals surface area (Å²) in [4.78, 5) is 45.2. The first-order valence-electron chi connectivity index (χ1n) is 11.9. The van der Waals surface area contributed by atoms with Crippen LogP contribution >= 0.6 is 0 Å². The van der Waals surface area contributed by atoms with Crippen molar-refractivity contribution in [2.24, 2.45) is 16.9 Å². The third kappa shape index (κ3) is 5.58. The number of rotatable bonds is 6. The lowest BCUT2D eigenvalue weighted by Crippen LogP contribution is -2.42. The quantitative estimate of drug-likeness (QED) is 0.380. The van der Waals surface area contributed by atoms with Crippen LogP contribution in [0.15, 0.2) is 6.20 Å². The van der Waals surface area contributed by atoms with Gasteiger partial charge in [0.05, 0.1) is 17.5 Å². The number of alkyl halides is 3. The van der Waals surface area contributed by atoms with Crippen LogP contribution in [0.1, 0.15) is 84.6 Å². The van der Waals surface area contributed by atoms with Gasteiger partial charge in [0, 0.05) is 6.42 Å². The number of halogens is 3. The fraction of sp³-hybridized carbons (Fsp3) is 0.565. The highest BCUT2D eigenvalue weighted by Crippen LogP contribution is 2.41. The normalized spacial score (nSPS) is 18.7. The van der Waals surface area contributed by atoms with Gasteiger partial charge in [-0.25, -0.2) is 19.4 Å². The maximum absolute atomic E-state index is 13.8. The van der Waals surface area contributed by atoms with E-state index in [4.69, 9.17) is 16.2 Å². The Balaban J connectivity index is 1.71. The number of Topliss-reactive ketones (excluding diaryl/α,β-unsaturated/α-hetero) is 1. The summed E-state index contributed by atoms with van der Waals surface area (Å²) < 4.78 is 47.6. The molecule has 0 aromatic carbocycles. The molecule has 5 N–H and O–H groups in total. The fourth-order valence-electron chi connectivity index (χ4n) is 4.73. The molecule has 1 fully saturated rings. The van der Waals surface area contributed by atoms with Gasteiger partial charge in [-0.2, -0.15) is 18.3 Å². The minimum atomic E-state index is -4.89. The summed E-state index contributed by atoms with van der Waals surface area (Å²) in [6, 6.07) is 0. The Morgan fingerprint density at radius 3 is 2.51 bits per heavy atom. The Bertz CT molecular complexity index is 1240. The number of primary amides is 1. The summed E-state index contributed by atoms with van der Waals surface area (Å²) in [5.74, 6) is -3.05. The Hall–Kier alpha value is -3.55. The van der Waals surface area contributed by atoms with E-state index in [1.54, 1.807) is 13.8 Å². The highest BCUT2D eigenvalue weighted by molar-refractivity contribution is 6.00. The van der Waals surface area contributed by atoms with Crippen molar-refractivity contribution in [2.45, 2.75) is 77.2 Å². The van der Waals surface area contributed by atoms with E-state index in [9.17, 15) is 27.6 Å². The predicted molar refractivity (Wildman–Crippen MR) is 124 cm³/mol. The van der Waals surface area contributed by atoms with E-state index in [1.165, 1.54) is 0 Å². The summed E-state index contributed by atoms with van der Waals surface area (Å²) in [6.45, 7) is 3.51. The molecule has 37 heavy (non-hydrogen) atoms. The number of nitrogens with zero attached hydrogens (tertiary/aromatic N) is 4. The van der Waals surface area contributed by atoms with Gasteiger partial charge in [-0.3, -0.25) is 9.59 Å². The number of hydrogen-bond acceptors (Lipinski definition) is 9. The number of nitrogens with two attached hydrogens (primary N) is 2. The van der Waals surface area contributed by atoms with Crippen LogP contribution in [0.5, 0.6) is 0 Å². The number of carbonyl (C=O) groups is 3. The van der Waals surface area contributed by atoms with E-state index in [2.05, 4.69) is 20.4 Å². The first-order valence-corrected chi connectivity index (χ1v) is 11.9. The third-order valence-electron chi connectivity index (χ3n) is 6.40. The van der Waals surface area contributed by atoms with Crippen molar-refractivity contribution in [1.82, 2.24) is 19.7 Å². The lowest BCUT2D eigenvalue weighted by atomic mass is 9.75. The number of ketones is 1. The lowest BCUT2D eigenvalue weighted by Gasteiger charge is -2.29. The van der Waals surface area contributed by atoms with Crippen LogP contribution in [0.25, 0.3) is 5.82 Å². The van der Waals surface area contributed by atoms with Crippen molar-refractivity contribution in [3.05, 3.63) is 28.8 Å². The molecule has 0 aliphatic heterocycles. The van der Waals surface area contributed by atoms with Gasteiger partial charge in [0.15, 0.2) is 35.0 Å². The van der Waals surface area contributed by atoms with Gasteiger partial charge >= 0.3 is 12.1 Å². The molecule has 2 aromatic rings. The Morgan fingerprint density at radius 1 is 1.22 bits per heavy atom. The van der Waals surface area contributed by atoms with E-state index in [0.29, 0.717) is 12.8 Å². The largest absolute Gasteiger partial charge is 0.460 e. The summed E-state index contributed by atoms with van der Waals surface area (Å²) >= 11 is 0. The highest BCUT2D eigenvalue weighted by Gasteiger charge is 2.45. The number of anilines is 1. The van der Waals surface area contributed by atoms with Crippen molar-refractivity contribution in [1.29, 1.82) is 0 Å². The molecular weight excluding hydrogens is 495 g/mol. The van der Waals surface area contributed by atoms with E-state index in [1.807, 2.05) is 0 Å². The zero-order valence-corrected chi connectivity index (χ0v) is 20.4. The number of ether oxygens (including phenoxy) is 1. The number of aromatic nitrogens is 4. The standard InChI is InChI=1S/C23H28F3N7O4/c1-22(2)8-12-15(13(34)9-22)17(23(24,25)26)32-33(12)14-10-29-16(19(28)35)20(30-14)31-18(27)21(36)37-11-6-4-3-5-7-11/h10-11,18H,3-9,27H2,1-2H3,(H2,28,35)(H,30,31). The number of carbonyl (C=O) groups excluding carboxylic acids is 3. The molecule has 2 aliphatic rings. The number of hydrogen-bond donors (Lipinski definition) is 3. The molecule has 2 heterocycles. The number of esters is 1. The minimum absolute atomic E-state index is 0.0154. The first-order chi connectivity index (χ1) is 17.3. The van der Waals surface area contributed by atoms with E-state index >= 15 is 0 Å². The molecular formula is C23H28F3N7O4. The molecule has 14 heteroatoms. The second-order valence-corrected chi connectivity index (χ2v) is 10.1. The smallest absolute Gasteiger partial charge is 0.435 e. The predicted octanol–water partition coefficient (Wildman–Crippen LogP) is 2.51. The van der Waals surface area contributed by atoms with Crippen LogP contribution in [-0.4, -0.2) is 49.7 Å². The average molecular weight is 524 g/mol. The maximum Gasteiger partial charge on any atom is 0.435 e. The van der Waals surface area contributed by atoms with Crippen LogP contribution < -0.4 is 16.8 Å². The molecule has 11 nitrogen and oxygen atoms in total. The van der Waals surface area contributed by atoms with Crippen LogP contribution in [0.4, 0.5) is 19.0 Å². The highest BCUT2D eigenvalue weighted by atomic mass is 19.4. The van der Waals surface area contributed by atoms with Crippen molar-refractivity contribution in [2.75, 3.05) is 5.32 Å². The van der Waals surface area contributed by atoms with Crippen LogP contribution in [-0.2, 0) is 22.1 Å². The van der Waals surface area contributed by atoms with Crippen LogP contribution in [0.2, 0.25) is 0 Å². The molecule has 4 rings (SSSR count). The Labute approximate surface area is 210 Å². The second-order valence-electron chi connectivity index (χ2n) is 10.1. The van der Waals surface area contributed by atoms with Crippen molar-refractivity contribution >= 4 is 23.5 Å². The number of fused-ring (bicyclic) bond motifs is 1. The van der Waals surface area contributed by atoms with Crippen molar-refractivity contribution in [3.8, 4) is 5.82 Å². The molecule has 0 spiro atoms. The number of amides is 1. The van der Waals surface area contributed by atoms with E-state index in [-0.39, 0.29) is 36.3 Å². The second kappa shape index (κ2) is 9.72. The maximum atomic E-state index is 13.8. The molecule has 1 amide bonds. The van der Waals surface area contributed by atoms with Crippen molar-refractivity contribution < 1.29 is 32.3 Å². The molecule has 1 saturated carbocycles. The van der Waals surface area contributed by atoms with Gasteiger partial charge in [0.25, 0.3) is 5.91 Å². The summed E-state index contributed by atoms with van der Waals surface area (Å²) in [5.41, 5.74) is 8.46. The first kappa shape index (κ1) is 26.5. The van der Waals surface area contributed by atoms with Gasteiger partial charge in [-0.1, -0.05) is 20.3 Å². The summed E-state index contributed by atoms with van der Waals surface area (Å²) in [6.07, 6.45) is -1.27. The average Bonchev–Trinajstić information content (AvgIpc) is 3.18. The van der Waals surface area contributed by atoms with Gasteiger partial charge < -0.3 is 21.5 Å². The SMILES string of the molecule is CC1(C)CC(=O)c2c(C(F)(F)F)nn(-c3cnc(C(N)=O)c(NC(N)C(=O)OC4CCCCC4)n3)c2C1. The number of nitrogens with one attached hydrogen (secondary N) is 1. The zero-order valence-electron chi connectivity index (χ0n) is 20.4. The van der Waals surface area contributed by atoms with Crippen LogP contribution in [0.3, 0.4) is 0 Å². The summed E-state index contributed by atoms with van der Waals surface area (Å²) in [7, 11) is 0. The molecule has 200 valence electrons. The molecule has 0 bridgehead atoms. The molecule has 2 aromatic heterocycles. The Morgan fingerprint density at radius 2 is 1.89 bits per heavy atom. The molecule has 0 radical (unpaired) electrons. The summed E-state index contributed by atoms with van der Waals surface area (Å²) in [5, 5.41) is 6.19. The molecule has 1 atom stereocenters. The fourth-order valence-corrected chi connectivity index (χ4v) is 4.73. The third-order valence-corrected chi connectivity index (χ3v) is 6.40. The Kier molecular flexibility index (Phi) is 6.97.